The highest BCUT2D eigenvalue weighted by Crippen LogP contribution is 2.31. The van der Waals surface area contributed by atoms with E-state index in [1.54, 1.807) is 36.5 Å². The van der Waals surface area contributed by atoms with Crippen molar-refractivity contribution in [2.75, 3.05) is 5.32 Å². The van der Waals surface area contributed by atoms with Crippen molar-refractivity contribution in [3.05, 3.63) is 68.7 Å². The fourth-order valence-electron chi connectivity index (χ4n) is 2.10. The molecule has 0 spiro atoms. The number of nitrogens with zero attached hydrogens (tertiary/aromatic N) is 2. The molecular formula is C15H11N3O4. The molecule has 0 saturated carbocycles. The molecule has 3 rings (SSSR count). The maximum absolute atomic E-state index is 11.9. The second-order valence-corrected chi connectivity index (χ2v) is 4.71. The van der Waals surface area contributed by atoms with Gasteiger partial charge in [0.1, 0.15) is 17.1 Å². The molecule has 7 heteroatoms. The summed E-state index contributed by atoms with van der Waals surface area (Å²) in [6, 6.07) is 10.1. The van der Waals surface area contributed by atoms with Crippen LogP contribution in [0, 0.1) is 17.0 Å². The zero-order chi connectivity index (χ0) is 15.7. The molecule has 22 heavy (non-hydrogen) atoms. The molecular weight excluding hydrogens is 286 g/mol. The number of nitro groups is 1. The summed E-state index contributed by atoms with van der Waals surface area (Å²) in [6.45, 7) is 1.88. The molecule has 1 N–H and O–H groups in total. The minimum absolute atomic E-state index is 0.0770. The van der Waals surface area contributed by atoms with Crippen LogP contribution in [0.2, 0.25) is 0 Å². The Balaban J connectivity index is 2.25. The SMILES string of the molecule is Cc1ccc(Nc2c([N+](=O)[O-])c(=O)oc3ccccc23)nc1. The van der Waals surface area contributed by atoms with E-state index < -0.39 is 16.2 Å². The number of anilines is 2. The third-order valence-corrected chi connectivity index (χ3v) is 3.14. The summed E-state index contributed by atoms with van der Waals surface area (Å²) in [5.74, 6) is 0.407. The number of benzene rings is 1. The van der Waals surface area contributed by atoms with E-state index in [1.165, 1.54) is 0 Å². The Morgan fingerprint density at radius 3 is 2.68 bits per heavy atom. The summed E-state index contributed by atoms with van der Waals surface area (Å²) in [6.07, 6.45) is 1.63. The van der Waals surface area contributed by atoms with Crippen molar-refractivity contribution >= 4 is 28.2 Å². The number of pyridine rings is 1. The number of hydrogen-bond donors (Lipinski definition) is 1. The number of fused-ring (bicyclic) bond motifs is 1. The summed E-state index contributed by atoms with van der Waals surface area (Å²) >= 11 is 0. The first-order chi connectivity index (χ1) is 10.6. The maximum Gasteiger partial charge on any atom is 0.417 e. The Hall–Kier alpha value is -3.22. The van der Waals surface area contributed by atoms with E-state index in [4.69, 9.17) is 4.42 Å². The van der Waals surface area contributed by atoms with Crippen molar-refractivity contribution in [1.82, 2.24) is 4.98 Å². The normalized spacial score (nSPS) is 10.6. The van der Waals surface area contributed by atoms with Gasteiger partial charge in [0, 0.05) is 11.6 Å². The summed E-state index contributed by atoms with van der Waals surface area (Å²) in [5, 5.41) is 14.5. The average Bonchev–Trinajstić information content (AvgIpc) is 2.49. The number of aromatic nitrogens is 1. The lowest BCUT2D eigenvalue weighted by Gasteiger charge is -2.08. The van der Waals surface area contributed by atoms with E-state index in [2.05, 4.69) is 10.3 Å². The van der Waals surface area contributed by atoms with Gasteiger partial charge in [0.2, 0.25) is 0 Å². The third kappa shape index (κ3) is 2.39. The van der Waals surface area contributed by atoms with Crippen molar-refractivity contribution in [1.29, 1.82) is 0 Å². The Morgan fingerprint density at radius 1 is 1.23 bits per heavy atom. The van der Waals surface area contributed by atoms with Crippen LogP contribution in [0.5, 0.6) is 0 Å². The van der Waals surface area contributed by atoms with Gasteiger partial charge in [0.25, 0.3) is 0 Å². The van der Waals surface area contributed by atoms with Gasteiger partial charge in [-0.3, -0.25) is 10.1 Å². The Bertz CT molecular complexity index is 916. The van der Waals surface area contributed by atoms with Crippen molar-refractivity contribution < 1.29 is 9.34 Å². The van der Waals surface area contributed by atoms with Gasteiger partial charge in [-0.25, -0.2) is 9.78 Å². The van der Waals surface area contributed by atoms with Crippen LogP contribution in [0.4, 0.5) is 17.2 Å². The average molecular weight is 297 g/mol. The van der Waals surface area contributed by atoms with E-state index in [-0.39, 0.29) is 11.3 Å². The standard InChI is InChI=1S/C15H11N3O4/c1-9-6-7-12(16-8-9)17-13-10-4-2-3-5-11(10)22-15(19)14(13)18(20)21/h2-8H,1H3,(H,16,17). The fraction of sp³-hybridized carbons (Fsp3) is 0.0667. The molecule has 0 aliphatic rings. The lowest BCUT2D eigenvalue weighted by Crippen LogP contribution is -2.10. The quantitative estimate of drug-likeness (QED) is 0.453. The van der Waals surface area contributed by atoms with Crippen LogP contribution in [-0.2, 0) is 0 Å². The third-order valence-electron chi connectivity index (χ3n) is 3.14. The molecule has 0 radical (unpaired) electrons. The van der Waals surface area contributed by atoms with Crippen LogP contribution in [0.15, 0.2) is 51.8 Å². The Kier molecular flexibility index (Phi) is 3.30. The molecule has 0 unspecified atom stereocenters. The predicted molar refractivity (Wildman–Crippen MR) is 81.4 cm³/mol. The van der Waals surface area contributed by atoms with E-state index >= 15 is 0 Å². The van der Waals surface area contributed by atoms with Gasteiger partial charge >= 0.3 is 11.3 Å². The van der Waals surface area contributed by atoms with Crippen molar-refractivity contribution in [2.24, 2.45) is 0 Å². The topological polar surface area (TPSA) is 98.3 Å². The molecule has 3 aromatic rings. The molecule has 0 aliphatic heterocycles. The first-order valence-electron chi connectivity index (χ1n) is 6.46. The monoisotopic (exact) mass is 297 g/mol. The van der Waals surface area contributed by atoms with Crippen LogP contribution in [0.1, 0.15) is 5.56 Å². The van der Waals surface area contributed by atoms with Crippen LogP contribution in [-0.4, -0.2) is 9.91 Å². The highest BCUT2D eigenvalue weighted by Gasteiger charge is 2.24. The summed E-state index contributed by atoms with van der Waals surface area (Å²) in [7, 11) is 0. The number of para-hydroxylation sites is 1. The molecule has 0 atom stereocenters. The van der Waals surface area contributed by atoms with Crippen LogP contribution < -0.4 is 10.9 Å². The van der Waals surface area contributed by atoms with Crippen molar-refractivity contribution in [2.45, 2.75) is 6.92 Å². The van der Waals surface area contributed by atoms with Gasteiger partial charge in [-0.1, -0.05) is 18.2 Å². The first-order valence-corrected chi connectivity index (χ1v) is 6.46. The summed E-state index contributed by atoms with van der Waals surface area (Å²) in [5.41, 5.74) is -0.335. The van der Waals surface area contributed by atoms with E-state index in [9.17, 15) is 14.9 Å². The van der Waals surface area contributed by atoms with E-state index in [0.29, 0.717) is 11.2 Å². The van der Waals surface area contributed by atoms with Gasteiger partial charge in [0.05, 0.1) is 4.92 Å². The molecule has 7 nitrogen and oxygen atoms in total. The molecule has 110 valence electrons. The van der Waals surface area contributed by atoms with Crippen LogP contribution in [0.3, 0.4) is 0 Å². The van der Waals surface area contributed by atoms with Gasteiger partial charge < -0.3 is 9.73 Å². The predicted octanol–water partition coefficient (Wildman–Crippen LogP) is 3.15. The Morgan fingerprint density at radius 2 is 2.00 bits per heavy atom. The molecule has 0 amide bonds. The Labute approximate surface area is 124 Å². The zero-order valence-electron chi connectivity index (χ0n) is 11.6. The van der Waals surface area contributed by atoms with Crippen LogP contribution in [0.25, 0.3) is 11.0 Å². The largest absolute Gasteiger partial charge is 0.418 e. The number of rotatable bonds is 3. The first kappa shape index (κ1) is 13.7. The van der Waals surface area contributed by atoms with Crippen LogP contribution >= 0.6 is 0 Å². The number of aryl methyl sites for hydroxylation is 1. The second kappa shape index (κ2) is 5.28. The van der Waals surface area contributed by atoms with Gasteiger partial charge in [-0.05, 0) is 30.7 Å². The fourth-order valence-corrected chi connectivity index (χ4v) is 2.10. The van der Waals surface area contributed by atoms with Crippen molar-refractivity contribution in [3.63, 3.8) is 0 Å². The van der Waals surface area contributed by atoms with Crippen molar-refractivity contribution in [3.8, 4) is 0 Å². The van der Waals surface area contributed by atoms with E-state index in [0.717, 1.165) is 5.56 Å². The summed E-state index contributed by atoms with van der Waals surface area (Å²) < 4.78 is 4.99. The van der Waals surface area contributed by atoms with Gasteiger partial charge in [0.15, 0.2) is 0 Å². The number of nitrogens with one attached hydrogen (secondary N) is 1. The van der Waals surface area contributed by atoms with E-state index in [1.807, 2.05) is 13.0 Å². The maximum atomic E-state index is 11.9. The minimum Gasteiger partial charge on any atom is -0.418 e. The lowest BCUT2D eigenvalue weighted by atomic mass is 10.2. The molecule has 0 saturated heterocycles. The highest BCUT2D eigenvalue weighted by atomic mass is 16.6. The zero-order valence-corrected chi connectivity index (χ0v) is 11.6. The van der Waals surface area contributed by atoms with Gasteiger partial charge in [-0.15, -0.1) is 0 Å². The molecule has 0 bridgehead atoms. The molecule has 0 aliphatic carbocycles. The molecule has 2 aromatic heterocycles. The minimum atomic E-state index is -1.00. The molecule has 1 aromatic carbocycles. The smallest absolute Gasteiger partial charge is 0.417 e. The summed E-state index contributed by atoms with van der Waals surface area (Å²) in [4.78, 5) is 26.5. The lowest BCUT2D eigenvalue weighted by molar-refractivity contribution is -0.386. The highest BCUT2D eigenvalue weighted by molar-refractivity contribution is 5.95. The molecule has 0 fully saturated rings. The van der Waals surface area contributed by atoms with Gasteiger partial charge in [-0.2, -0.15) is 0 Å². The second-order valence-electron chi connectivity index (χ2n) is 4.71. The number of hydrogen-bond acceptors (Lipinski definition) is 6. The molecule has 2 heterocycles.